The first-order valence-electron chi connectivity index (χ1n) is 5.74. The van der Waals surface area contributed by atoms with Crippen LogP contribution in [0.1, 0.15) is 5.56 Å². The molecule has 0 bridgehead atoms. The second kappa shape index (κ2) is 5.39. The molecule has 0 aromatic heterocycles. The smallest absolute Gasteiger partial charge is 0.323 e. The van der Waals surface area contributed by atoms with E-state index in [0.29, 0.717) is 11.4 Å². The molecule has 0 spiro atoms. The van der Waals surface area contributed by atoms with Gasteiger partial charge in [0.05, 0.1) is 5.69 Å². The van der Waals surface area contributed by atoms with Crippen LogP contribution in [0.25, 0.3) is 0 Å². The first-order chi connectivity index (χ1) is 9.04. The molecule has 2 amide bonds. The molecule has 2 aromatic carbocycles. The summed E-state index contributed by atoms with van der Waals surface area (Å²) in [6.45, 7) is 1.78. The number of hydrogen-bond donors (Lipinski definition) is 3. The number of urea groups is 1. The van der Waals surface area contributed by atoms with E-state index >= 15 is 0 Å². The number of halogens is 1. The number of benzene rings is 2. The lowest BCUT2D eigenvalue weighted by molar-refractivity contribution is 0.262. The van der Waals surface area contributed by atoms with Gasteiger partial charge >= 0.3 is 6.03 Å². The molecule has 2 rings (SSSR count). The van der Waals surface area contributed by atoms with Crippen LogP contribution in [0.5, 0.6) is 0 Å². The number of aryl methyl sites for hydroxylation is 1. The van der Waals surface area contributed by atoms with E-state index in [0.717, 1.165) is 5.56 Å². The van der Waals surface area contributed by atoms with Gasteiger partial charge in [0.1, 0.15) is 5.82 Å². The highest BCUT2D eigenvalue weighted by Gasteiger charge is 2.06. The van der Waals surface area contributed by atoms with Crippen molar-refractivity contribution in [2.75, 3.05) is 16.4 Å². The summed E-state index contributed by atoms with van der Waals surface area (Å²) >= 11 is 0. The van der Waals surface area contributed by atoms with Gasteiger partial charge in [0.25, 0.3) is 0 Å². The van der Waals surface area contributed by atoms with E-state index < -0.39 is 11.8 Å². The van der Waals surface area contributed by atoms with E-state index in [9.17, 15) is 9.18 Å². The Labute approximate surface area is 110 Å². The van der Waals surface area contributed by atoms with E-state index in [1.54, 1.807) is 37.3 Å². The van der Waals surface area contributed by atoms with E-state index in [1.807, 2.05) is 0 Å². The molecular weight excluding hydrogens is 245 g/mol. The van der Waals surface area contributed by atoms with Crippen molar-refractivity contribution >= 4 is 23.1 Å². The van der Waals surface area contributed by atoms with Crippen LogP contribution in [0, 0.1) is 12.7 Å². The molecule has 0 radical (unpaired) electrons. The lowest BCUT2D eigenvalue weighted by Gasteiger charge is -2.09. The number of carbonyl (C=O) groups excluding carboxylic acids is 1. The topological polar surface area (TPSA) is 67.2 Å². The van der Waals surface area contributed by atoms with E-state index in [4.69, 9.17) is 5.73 Å². The van der Waals surface area contributed by atoms with E-state index in [1.165, 1.54) is 12.1 Å². The first kappa shape index (κ1) is 12.9. The standard InChI is InChI=1S/C14H14FN3O/c1-9-2-7-13(12(15)8-9)18-14(19)17-11-5-3-10(16)4-6-11/h2-8H,16H2,1H3,(H2,17,18,19). The lowest BCUT2D eigenvalue weighted by Crippen LogP contribution is -2.20. The van der Waals surface area contributed by atoms with Crippen molar-refractivity contribution in [1.29, 1.82) is 0 Å². The van der Waals surface area contributed by atoms with Crippen LogP contribution in [0.2, 0.25) is 0 Å². The summed E-state index contributed by atoms with van der Waals surface area (Å²) in [7, 11) is 0. The molecular formula is C14H14FN3O. The minimum atomic E-state index is -0.507. The van der Waals surface area contributed by atoms with Gasteiger partial charge in [0.2, 0.25) is 0 Å². The largest absolute Gasteiger partial charge is 0.399 e. The maximum Gasteiger partial charge on any atom is 0.323 e. The Morgan fingerprint density at radius 2 is 1.79 bits per heavy atom. The average Bonchev–Trinajstić information content (AvgIpc) is 2.36. The fourth-order valence-corrected chi connectivity index (χ4v) is 1.57. The van der Waals surface area contributed by atoms with Crippen LogP contribution in [0.4, 0.5) is 26.2 Å². The molecule has 0 aliphatic heterocycles. The van der Waals surface area contributed by atoms with Crippen LogP contribution in [-0.4, -0.2) is 6.03 Å². The molecule has 0 aliphatic rings. The monoisotopic (exact) mass is 259 g/mol. The SMILES string of the molecule is Cc1ccc(NC(=O)Nc2ccc(N)cc2)c(F)c1. The fourth-order valence-electron chi connectivity index (χ4n) is 1.57. The Hall–Kier alpha value is -2.56. The van der Waals surface area contributed by atoms with Gasteiger partial charge in [-0.15, -0.1) is 0 Å². The number of nitrogens with two attached hydrogens (primary N) is 1. The minimum absolute atomic E-state index is 0.138. The van der Waals surface area contributed by atoms with Gasteiger partial charge in [0.15, 0.2) is 0 Å². The van der Waals surface area contributed by atoms with Crippen LogP contribution in [0.3, 0.4) is 0 Å². The molecule has 2 aromatic rings. The third kappa shape index (κ3) is 3.45. The average molecular weight is 259 g/mol. The third-order valence-electron chi connectivity index (χ3n) is 2.54. The van der Waals surface area contributed by atoms with Gasteiger partial charge in [0, 0.05) is 11.4 Å². The predicted octanol–water partition coefficient (Wildman–Crippen LogP) is 3.36. The molecule has 5 heteroatoms. The summed E-state index contributed by atoms with van der Waals surface area (Å²) < 4.78 is 13.5. The maximum absolute atomic E-state index is 13.5. The highest BCUT2D eigenvalue weighted by atomic mass is 19.1. The summed E-state index contributed by atoms with van der Waals surface area (Å²) in [4.78, 5) is 11.7. The molecule has 98 valence electrons. The van der Waals surface area contributed by atoms with Crippen molar-refractivity contribution in [3.8, 4) is 0 Å². The van der Waals surface area contributed by atoms with Crippen LogP contribution in [-0.2, 0) is 0 Å². The van der Waals surface area contributed by atoms with Crippen molar-refractivity contribution in [3.05, 3.63) is 53.8 Å². The second-order valence-corrected chi connectivity index (χ2v) is 4.18. The number of nitrogen functional groups attached to an aromatic ring is 1. The summed E-state index contributed by atoms with van der Waals surface area (Å²) in [6, 6.07) is 10.8. The molecule has 0 atom stereocenters. The molecule has 4 N–H and O–H groups in total. The molecule has 19 heavy (non-hydrogen) atoms. The Bertz CT molecular complexity index is 596. The molecule has 0 aliphatic carbocycles. The third-order valence-corrected chi connectivity index (χ3v) is 2.54. The van der Waals surface area contributed by atoms with Crippen molar-refractivity contribution in [3.63, 3.8) is 0 Å². The number of carbonyl (C=O) groups is 1. The van der Waals surface area contributed by atoms with Gasteiger partial charge < -0.3 is 16.4 Å². The molecule has 0 unspecified atom stereocenters. The quantitative estimate of drug-likeness (QED) is 0.724. The number of hydrogen-bond acceptors (Lipinski definition) is 2. The minimum Gasteiger partial charge on any atom is -0.399 e. The molecule has 0 saturated heterocycles. The molecule has 4 nitrogen and oxygen atoms in total. The second-order valence-electron chi connectivity index (χ2n) is 4.18. The Morgan fingerprint density at radius 3 is 2.42 bits per heavy atom. The zero-order valence-electron chi connectivity index (χ0n) is 10.4. The van der Waals surface area contributed by atoms with Gasteiger partial charge in [-0.25, -0.2) is 9.18 Å². The van der Waals surface area contributed by atoms with Crippen molar-refractivity contribution in [2.24, 2.45) is 0 Å². The van der Waals surface area contributed by atoms with Crippen LogP contribution >= 0.6 is 0 Å². The fraction of sp³-hybridized carbons (Fsp3) is 0.0714. The van der Waals surface area contributed by atoms with Crippen LogP contribution in [0.15, 0.2) is 42.5 Å². The highest BCUT2D eigenvalue weighted by Crippen LogP contribution is 2.16. The Kier molecular flexibility index (Phi) is 3.66. The number of amides is 2. The summed E-state index contributed by atoms with van der Waals surface area (Å²) in [5, 5.41) is 5.03. The summed E-state index contributed by atoms with van der Waals surface area (Å²) in [5.74, 6) is -0.465. The number of nitrogens with one attached hydrogen (secondary N) is 2. The van der Waals surface area contributed by atoms with Gasteiger partial charge in [-0.1, -0.05) is 6.07 Å². The summed E-state index contributed by atoms with van der Waals surface area (Å²) in [5.41, 5.74) is 7.66. The van der Waals surface area contributed by atoms with Crippen LogP contribution < -0.4 is 16.4 Å². The zero-order chi connectivity index (χ0) is 13.8. The van der Waals surface area contributed by atoms with E-state index in [-0.39, 0.29) is 5.69 Å². The van der Waals surface area contributed by atoms with Gasteiger partial charge in [-0.2, -0.15) is 0 Å². The predicted molar refractivity (Wildman–Crippen MR) is 74.6 cm³/mol. The normalized spacial score (nSPS) is 10.0. The first-order valence-corrected chi connectivity index (χ1v) is 5.74. The number of rotatable bonds is 2. The van der Waals surface area contributed by atoms with Gasteiger partial charge in [-0.3, -0.25) is 0 Å². The van der Waals surface area contributed by atoms with E-state index in [2.05, 4.69) is 10.6 Å². The molecule has 0 heterocycles. The molecule has 0 saturated carbocycles. The number of anilines is 3. The Morgan fingerprint density at radius 1 is 1.11 bits per heavy atom. The highest BCUT2D eigenvalue weighted by molar-refractivity contribution is 5.99. The Balaban J connectivity index is 2.03. The maximum atomic E-state index is 13.5. The lowest BCUT2D eigenvalue weighted by atomic mass is 10.2. The summed E-state index contributed by atoms with van der Waals surface area (Å²) in [6.07, 6.45) is 0. The van der Waals surface area contributed by atoms with Crippen molar-refractivity contribution < 1.29 is 9.18 Å². The van der Waals surface area contributed by atoms with Crippen molar-refractivity contribution in [1.82, 2.24) is 0 Å². The zero-order valence-corrected chi connectivity index (χ0v) is 10.4. The molecule has 0 fully saturated rings. The van der Waals surface area contributed by atoms with Crippen molar-refractivity contribution in [2.45, 2.75) is 6.92 Å². The van der Waals surface area contributed by atoms with Gasteiger partial charge in [-0.05, 0) is 48.9 Å².